The normalized spacial score (nSPS) is 11.5. The summed E-state index contributed by atoms with van der Waals surface area (Å²) in [5.41, 5.74) is 15.9. The van der Waals surface area contributed by atoms with Gasteiger partial charge in [0.15, 0.2) is 17.5 Å². The lowest BCUT2D eigenvalue weighted by molar-refractivity contribution is 1.07. The molecular weight excluding hydrogens is 829 g/mol. The fourth-order valence-corrected chi connectivity index (χ4v) is 9.79. The molecule has 6 nitrogen and oxygen atoms in total. The highest BCUT2D eigenvalue weighted by molar-refractivity contribution is 6.28. The number of hydrogen-bond donors (Lipinski definition) is 0. The fraction of sp³-hybridized carbons (Fsp3) is 0. The zero-order chi connectivity index (χ0) is 45.0. The molecule has 0 saturated heterocycles. The smallest absolute Gasteiger partial charge is 0.164 e. The zero-order valence-electron chi connectivity index (χ0n) is 36.8. The second kappa shape index (κ2) is 16.3. The van der Waals surface area contributed by atoms with E-state index in [1.807, 2.05) is 72.8 Å². The van der Waals surface area contributed by atoms with E-state index in [1.165, 1.54) is 21.5 Å². The van der Waals surface area contributed by atoms with Crippen molar-refractivity contribution in [3.8, 4) is 79.2 Å². The van der Waals surface area contributed by atoms with Crippen LogP contribution in [0.1, 0.15) is 0 Å². The molecule has 0 aliphatic carbocycles. The molecular formula is C62H40N6. The van der Waals surface area contributed by atoms with Gasteiger partial charge in [0.1, 0.15) is 0 Å². The molecule has 0 radical (unpaired) electrons. The van der Waals surface area contributed by atoms with Gasteiger partial charge in [-0.1, -0.05) is 170 Å². The van der Waals surface area contributed by atoms with E-state index >= 15 is 0 Å². The van der Waals surface area contributed by atoms with Crippen molar-refractivity contribution in [2.75, 3.05) is 0 Å². The van der Waals surface area contributed by atoms with Crippen LogP contribution in [0.4, 0.5) is 0 Å². The van der Waals surface area contributed by atoms with Crippen LogP contribution in [-0.2, 0) is 0 Å². The Kier molecular flexibility index (Phi) is 9.39. The molecule has 13 rings (SSSR count). The van der Waals surface area contributed by atoms with Crippen molar-refractivity contribution in [2.24, 2.45) is 0 Å². The molecule has 0 bridgehead atoms. The molecule has 0 N–H and O–H groups in total. The standard InChI is InChI=1S/C62H40N6/c1-5-17-42(18-6-1)52-39-47(40-53(63-52)43-19-7-2-8-20-43)41-29-33-48(34-30-41)67-54-27-15-13-25-50(54)58-56(67)37-38-57-59(58)51-26-14-16-28-55(51)68(57)49-35-31-46(32-36-49)62-65-60(44-21-9-3-10-22-44)64-61(66-62)45-23-11-4-12-24-45/h1-40H. The summed E-state index contributed by atoms with van der Waals surface area (Å²) in [6.45, 7) is 0. The molecule has 13 aromatic rings. The van der Waals surface area contributed by atoms with E-state index in [4.69, 9.17) is 19.9 Å². The van der Waals surface area contributed by atoms with Gasteiger partial charge in [-0.15, -0.1) is 0 Å². The second-order valence-electron chi connectivity index (χ2n) is 17.0. The third kappa shape index (κ3) is 6.74. The van der Waals surface area contributed by atoms with Gasteiger partial charge in [-0.25, -0.2) is 19.9 Å². The van der Waals surface area contributed by atoms with E-state index in [0.717, 1.165) is 83.8 Å². The Balaban J connectivity index is 0.923. The summed E-state index contributed by atoms with van der Waals surface area (Å²) in [7, 11) is 0. The first-order chi connectivity index (χ1) is 33.7. The molecule has 4 aromatic heterocycles. The lowest BCUT2D eigenvalue weighted by atomic mass is 10.00. The van der Waals surface area contributed by atoms with Crippen LogP contribution < -0.4 is 0 Å². The number of nitrogens with zero attached hydrogens (tertiary/aromatic N) is 6. The summed E-state index contributed by atoms with van der Waals surface area (Å²) >= 11 is 0. The first-order valence-electron chi connectivity index (χ1n) is 22.9. The lowest BCUT2D eigenvalue weighted by Gasteiger charge is -2.12. The highest BCUT2D eigenvalue weighted by Gasteiger charge is 2.21. The molecule has 0 aliphatic rings. The molecule has 0 fully saturated rings. The summed E-state index contributed by atoms with van der Waals surface area (Å²) in [6.07, 6.45) is 0. The average Bonchev–Trinajstić information content (AvgIpc) is 3.94. The van der Waals surface area contributed by atoms with E-state index in [2.05, 4.69) is 179 Å². The Hall–Kier alpha value is -9.26. The van der Waals surface area contributed by atoms with Crippen molar-refractivity contribution >= 4 is 43.6 Å². The van der Waals surface area contributed by atoms with Gasteiger partial charge in [0.25, 0.3) is 0 Å². The lowest BCUT2D eigenvalue weighted by Crippen LogP contribution is -2.00. The third-order valence-electron chi connectivity index (χ3n) is 13.0. The van der Waals surface area contributed by atoms with Gasteiger partial charge >= 0.3 is 0 Å². The minimum Gasteiger partial charge on any atom is -0.309 e. The SMILES string of the molecule is c1ccc(-c2cc(-c3ccc(-n4c5ccccc5c5c6c7ccccc7n(-c7ccc(-c8nc(-c9ccccc9)nc(-c9ccccc9)n8)cc7)c6ccc54)cc3)cc(-c3ccccc3)n2)cc1. The molecule has 0 atom stereocenters. The van der Waals surface area contributed by atoms with E-state index in [9.17, 15) is 0 Å². The monoisotopic (exact) mass is 868 g/mol. The van der Waals surface area contributed by atoms with Gasteiger partial charge in [0, 0.05) is 60.7 Å². The number of fused-ring (bicyclic) bond motifs is 7. The molecule has 9 aromatic carbocycles. The maximum atomic E-state index is 5.12. The van der Waals surface area contributed by atoms with Gasteiger partial charge in [0.05, 0.1) is 33.5 Å². The van der Waals surface area contributed by atoms with Crippen LogP contribution in [0.3, 0.4) is 0 Å². The molecule has 0 amide bonds. The summed E-state index contributed by atoms with van der Waals surface area (Å²) in [6, 6.07) is 85.2. The van der Waals surface area contributed by atoms with E-state index < -0.39 is 0 Å². The van der Waals surface area contributed by atoms with Crippen molar-refractivity contribution in [3.63, 3.8) is 0 Å². The van der Waals surface area contributed by atoms with E-state index in [0.29, 0.717) is 17.5 Å². The van der Waals surface area contributed by atoms with Crippen LogP contribution in [0.25, 0.3) is 123 Å². The van der Waals surface area contributed by atoms with Gasteiger partial charge in [-0.3, -0.25) is 0 Å². The van der Waals surface area contributed by atoms with E-state index in [1.54, 1.807) is 0 Å². The van der Waals surface area contributed by atoms with Crippen molar-refractivity contribution < 1.29 is 0 Å². The van der Waals surface area contributed by atoms with Crippen molar-refractivity contribution in [1.82, 2.24) is 29.1 Å². The Labute approximate surface area is 392 Å². The fourth-order valence-electron chi connectivity index (χ4n) is 9.79. The predicted molar refractivity (Wildman–Crippen MR) is 279 cm³/mol. The largest absolute Gasteiger partial charge is 0.309 e. The predicted octanol–water partition coefficient (Wildman–Crippen LogP) is 15.5. The van der Waals surface area contributed by atoms with Crippen molar-refractivity contribution in [3.05, 3.63) is 243 Å². The molecule has 4 heterocycles. The quantitative estimate of drug-likeness (QED) is 0.153. The highest BCUT2D eigenvalue weighted by atomic mass is 15.0. The number of para-hydroxylation sites is 2. The van der Waals surface area contributed by atoms with Crippen LogP contribution in [0.5, 0.6) is 0 Å². The Morgan fingerprint density at radius 1 is 0.235 bits per heavy atom. The zero-order valence-corrected chi connectivity index (χ0v) is 36.8. The van der Waals surface area contributed by atoms with Gasteiger partial charge in [-0.05, 0) is 83.9 Å². The second-order valence-corrected chi connectivity index (χ2v) is 17.0. The summed E-state index contributed by atoms with van der Waals surface area (Å²) in [4.78, 5) is 20.0. The third-order valence-corrected chi connectivity index (χ3v) is 13.0. The van der Waals surface area contributed by atoms with Gasteiger partial charge < -0.3 is 9.13 Å². The Morgan fingerprint density at radius 3 is 0.985 bits per heavy atom. The maximum Gasteiger partial charge on any atom is 0.164 e. The molecule has 0 unspecified atom stereocenters. The molecule has 0 spiro atoms. The maximum absolute atomic E-state index is 5.12. The van der Waals surface area contributed by atoms with Gasteiger partial charge in [0.2, 0.25) is 0 Å². The molecule has 6 heteroatoms. The number of rotatable bonds is 8. The van der Waals surface area contributed by atoms with Crippen LogP contribution >= 0.6 is 0 Å². The van der Waals surface area contributed by atoms with Crippen LogP contribution in [-0.4, -0.2) is 29.1 Å². The van der Waals surface area contributed by atoms with Crippen LogP contribution in [0.2, 0.25) is 0 Å². The summed E-state index contributed by atoms with van der Waals surface area (Å²) in [5, 5.41) is 4.87. The highest BCUT2D eigenvalue weighted by Crippen LogP contribution is 2.43. The molecule has 0 saturated carbocycles. The first kappa shape index (κ1) is 39.1. The average molecular weight is 869 g/mol. The van der Waals surface area contributed by atoms with E-state index in [-0.39, 0.29) is 0 Å². The number of pyridine rings is 1. The molecule has 318 valence electrons. The topological polar surface area (TPSA) is 61.4 Å². The molecule has 68 heavy (non-hydrogen) atoms. The Morgan fingerprint density at radius 2 is 0.574 bits per heavy atom. The minimum atomic E-state index is 0.628. The first-order valence-corrected chi connectivity index (χ1v) is 22.9. The van der Waals surface area contributed by atoms with Gasteiger partial charge in [-0.2, -0.15) is 0 Å². The summed E-state index contributed by atoms with van der Waals surface area (Å²) < 4.78 is 4.80. The van der Waals surface area contributed by atoms with Crippen LogP contribution in [0, 0.1) is 0 Å². The van der Waals surface area contributed by atoms with Crippen molar-refractivity contribution in [2.45, 2.75) is 0 Å². The molecule has 0 aliphatic heterocycles. The Bertz CT molecular complexity index is 3600. The number of benzene rings is 9. The van der Waals surface area contributed by atoms with Crippen LogP contribution in [0.15, 0.2) is 243 Å². The number of aromatic nitrogens is 6. The summed E-state index contributed by atoms with van der Waals surface area (Å²) in [5.74, 6) is 1.91. The minimum absolute atomic E-state index is 0.628. The van der Waals surface area contributed by atoms with Crippen molar-refractivity contribution in [1.29, 1.82) is 0 Å². The number of hydrogen-bond acceptors (Lipinski definition) is 4.